The topological polar surface area (TPSA) is 26.3 Å². The molecule has 98 valence electrons. The number of ketones is 1. The van der Waals surface area contributed by atoms with Crippen LogP contribution in [0.2, 0.25) is 5.02 Å². The zero-order valence-corrected chi connectivity index (χ0v) is 11.3. The van der Waals surface area contributed by atoms with Gasteiger partial charge in [0, 0.05) is 16.1 Å². The molecule has 0 aliphatic heterocycles. The van der Waals surface area contributed by atoms with Crippen LogP contribution in [0, 0.1) is 12.7 Å². The SMILES string of the molecule is COc1cc(C(=O)c2cccc(Cl)c2C)ccc1F. The van der Waals surface area contributed by atoms with Gasteiger partial charge in [0.15, 0.2) is 17.3 Å². The summed E-state index contributed by atoms with van der Waals surface area (Å²) in [5, 5.41) is 0.528. The molecule has 0 saturated carbocycles. The van der Waals surface area contributed by atoms with Crippen LogP contribution in [0.3, 0.4) is 0 Å². The summed E-state index contributed by atoms with van der Waals surface area (Å²) >= 11 is 5.99. The fourth-order valence-electron chi connectivity index (χ4n) is 1.81. The van der Waals surface area contributed by atoms with E-state index < -0.39 is 5.82 Å². The standard InChI is InChI=1S/C15H12ClFO2/c1-9-11(4-3-5-12(9)16)15(18)10-6-7-13(17)14(8-10)19-2/h3-8H,1-2H3. The first-order valence-corrected chi connectivity index (χ1v) is 6.05. The van der Waals surface area contributed by atoms with Gasteiger partial charge in [-0.15, -0.1) is 0 Å². The van der Waals surface area contributed by atoms with Crippen molar-refractivity contribution >= 4 is 17.4 Å². The highest BCUT2D eigenvalue weighted by Crippen LogP contribution is 2.24. The molecule has 0 amide bonds. The van der Waals surface area contributed by atoms with Crippen LogP contribution in [-0.2, 0) is 0 Å². The van der Waals surface area contributed by atoms with Crippen molar-refractivity contribution in [2.75, 3.05) is 7.11 Å². The molecule has 2 aromatic carbocycles. The van der Waals surface area contributed by atoms with Gasteiger partial charge in [0.05, 0.1) is 7.11 Å². The van der Waals surface area contributed by atoms with E-state index in [4.69, 9.17) is 16.3 Å². The number of methoxy groups -OCH3 is 1. The van der Waals surface area contributed by atoms with E-state index in [0.29, 0.717) is 21.7 Å². The third-order valence-electron chi connectivity index (χ3n) is 2.93. The molecule has 19 heavy (non-hydrogen) atoms. The van der Waals surface area contributed by atoms with E-state index in [1.807, 2.05) is 0 Å². The van der Waals surface area contributed by atoms with Crippen LogP contribution in [-0.4, -0.2) is 12.9 Å². The van der Waals surface area contributed by atoms with Crippen LogP contribution in [0.4, 0.5) is 4.39 Å². The van der Waals surface area contributed by atoms with Crippen molar-refractivity contribution in [1.82, 2.24) is 0 Å². The van der Waals surface area contributed by atoms with Crippen LogP contribution in [0.15, 0.2) is 36.4 Å². The first kappa shape index (κ1) is 13.6. The maximum absolute atomic E-state index is 13.3. The fraction of sp³-hybridized carbons (Fsp3) is 0.133. The summed E-state index contributed by atoms with van der Waals surface area (Å²) in [4.78, 5) is 12.4. The summed E-state index contributed by atoms with van der Waals surface area (Å²) < 4.78 is 18.2. The molecule has 0 aromatic heterocycles. The summed E-state index contributed by atoms with van der Waals surface area (Å²) in [5.74, 6) is -0.661. The van der Waals surface area contributed by atoms with Gasteiger partial charge in [-0.05, 0) is 36.8 Å². The number of ether oxygens (including phenoxy) is 1. The predicted molar refractivity (Wildman–Crippen MR) is 72.6 cm³/mol. The van der Waals surface area contributed by atoms with Gasteiger partial charge >= 0.3 is 0 Å². The minimum Gasteiger partial charge on any atom is -0.494 e. The van der Waals surface area contributed by atoms with Gasteiger partial charge in [-0.3, -0.25) is 4.79 Å². The highest BCUT2D eigenvalue weighted by Gasteiger charge is 2.15. The molecule has 0 atom stereocenters. The van der Waals surface area contributed by atoms with Gasteiger partial charge < -0.3 is 4.74 Å². The first-order chi connectivity index (χ1) is 9.04. The number of hydrogen-bond donors (Lipinski definition) is 0. The Morgan fingerprint density at radius 1 is 1.26 bits per heavy atom. The number of halogens is 2. The summed E-state index contributed by atoms with van der Waals surface area (Å²) in [6.07, 6.45) is 0. The quantitative estimate of drug-likeness (QED) is 0.793. The molecule has 0 radical (unpaired) electrons. The molecule has 0 spiro atoms. The second kappa shape index (κ2) is 5.41. The number of hydrogen-bond acceptors (Lipinski definition) is 2. The maximum atomic E-state index is 13.3. The van der Waals surface area contributed by atoms with E-state index in [1.54, 1.807) is 25.1 Å². The van der Waals surface area contributed by atoms with E-state index in [1.165, 1.54) is 25.3 Å². The molecule has 0 saturated heterocycles. The number of benzene rings is 2. The van der Waals surface area contributed by atoms with E-state index >= 15 is 0 Å². The molecule has 4 heteroatoms. The van der Waals surface area contributed by atoms with E-state index in [2.05, 4.69) is 0 Å². The van der Waals surface area contributed by atoms with Crippen molar-refractivity contribution in [3.8, 4) is 5.75 Å². The second-order valence-electron chi connectivity index (χ2n) is 4.09. The van der Waals surface area contributed by atoms with Crippen LogP contribution < -0.4 is 4.74 Å². The van der Waals surface area contributed by atoms with Gasteiger partial charge in [-0.25, -0.2) is 4.39 Å². The summed E-state index contributed by atoms with van der Waals surface area (Å²) in [6, 6.07) is 9.16. The second-order valence-corrected chi connectivity index (χ2v) is 4.50. The van der Waals surface area contributed by atoms with Crippen LogP contribution in [0.1, 0.15) is 21.5 Å². The lowest BCUT2D eigenvalue weighted by atomic mass is 9.99. The minimum atomic E-state index is -0.498. The maximum Gasteiger partial charge on any atom is 0.193 e. The van der Waals surface area contributed by atoms with Crippen LogP contribution in [0.5, 0.6) is 5.75 Å². The Kier molecular flexibility index (Phi) is 3.86. The van der Waals surface area contributed by atoms with Gasteiger partial charge in [-0.2, -0.15) is 0 Å². The third kappa shape index (κ3) is 2.61. The van der Waals surface area contributed by atoms with Crippen molar-refractivity contribution in [2.24, 2.45) is 0 Å². The highest BCUT2D eigenvalue weighted by molar-refractivity contribution is 6.32. The molecule has 0 unspecified atom stereocenters. The number of carbonyl (C=O) groups is 1. The van der Waals surface area contributed by atoms with Crippen LogP contribution >= 0.6 is 11.6 Å². The molecule has 2 nitrogen and oxygen atoms in total. The Labute approximate surface area is 115 Å². The molecule has 0 fully saturated rings. The lowest BCUT2D eigenvalue weighted by Crippen LogP contribution is -2.04. The summed E-state index contributed by atoms with van der Waals surface area (Å²) in [6.45, 7) is 1.77. The van der Waals surface area contributed by atoms with Gasteiger partial charge in [0.25, 0.3) is 0 Å². The molecular formula is C15H12ClFO2. The molecule has 0 aliphatic carbocycles. The lowest BCUT2D eigenvalue weighted by Gasteiger charge is -2.08. The van der Waals surface area contributed by atoms with E-state index in [9.17, 15) is 9.18 Å². The molecule has 0 aliphatic rings. The zero-order valence-electron chi connectivity index (χ0n) is 10.5. The summed E-state index contributed by atoms with van der Waals surface area (Å²) in [7, 11) is 1.36. The Balaban J connectivity index is 2.47. The molecule has 0 N–H and O–H groups in total. The minimum absolute atomic E-state index is 0.0468. The Bertz CT molecular complexity index is 638. The third-order valence-corrected chi connectivity index (χ3v) is 3.34. The normalized spacial score (nSPS) is 10.3. The zero-order chi connectivity index (χ0) is 14.0. The van der Waals surface area contributed by atoms with Crippen molar-refractivity contribution in [3.05, 3.63) is 63.9 Å². The van der Waals surface area contributed by atoms with Gasteiger partial charge in [0.1, 0.15) is 0 Å². The van der Waals surface area contributed by atoms with Crippen molar-refractivity contribution in [1.29, 1.82) is 0 Å². The van der Waals surface area contributed by atoms with E-state index in [-0.39, 0.29) is 11.5 Å². The average Bonchev–Trinajstić information content (AvgIpc) is 2.41. The number of carbonyl (C=O) groups excluding carboxylic acids is 1. The highest BCUT2D eigenvalue weighted by atomic mass is 35.5. The monoisotopic (exact) mass is 278 g/mol. The Morgan fingerprint density at radius 3 is 2.68 bits per heavy atom. The Morgan fingerprint density at radius 2 is 2.00 bits per heavy atom. The fourth-order valence-corrected chi connectivity index (χ4v) is 1.98. The smallest absolute Gasteiger partial charge is 0.193 e. The van der Waals surface area contributed by atoms with Crippen molar-refractivity contribution < 1.29 is 13.9 Å². The molecule has 2 rings (SSSR count). The largest absolute Gasteiger partial charge is 0.494 e. The van der Waals surface area contributed by atoms with E-state index in [0.717, 1.165) is 0 Å². The lowest BCUT2D eigenvalue weighted by molar-refractivity contribution is 0.103. The Hall–Kier alpha value is -1.87. The number of rotatable bonds is 3. The van der Waals surface area contributed by atoms with Gasteiger partial charge in [-0.1, -0.05) is 23.7 Å². The molecule has 0 bridgehead atoms. The molecule has 2 aromatic rings. The van der Waals surface area contributed by atoms with Crippen LogP contribution in [0.25, 0.3) is 0 Å². The molecular weight excluding hydrogens is 267 g/mol. The summed E-state index contributed by atoms with van der Waals surface area (Å²) in [5.41, 5.74) is 1.57. The van der Waals surface area contributed by atoms with Crippen molar-refractivity contribution in [2.45, 2.75) is 6.92 Å². The van der Waals surface area contributed by atoms with Gasteiger partial charge in [0.2, 0.25) is 0 Å². The van der Waals surface area contributed by atoms with Crippen molar-refractivity contribution in [3.63, 3.8) is 0 Å². The first-order valence-electron chi connectivity index (χ1n) is 5.68. The average molecular weight is 279 g/mol. The predicted octanol–water partition coefficient (Wildman–Crippen LogP) is 4.03. The molecule has 0 heterocycles.